The Bertz CT molecular complexity index is 1040. The number of fused-ring (bicyclic) bond motifs is 1. The molecule has 27 heavy (non-hydrogen) atoms. The molecule has 3 aromatic rings. The molecule has 136 valence electrons. The molecule has 2 aromatic carbocycles. The molecule has 1 aromatic heterocycles. The molecule has 1 heterocycles. The summed E-state index contributed by atoms with van der Waals surface area (Å²) in [6.45, 7) is 7.72. The van der Waals surface area contributed by atoms with Gasteiger partial charge < -0.3 is 5.32 Å². The van der Waals surface area contributed by atoms with Gasteiger partial charge in [0.05, 0.1) is 5.04 Å². The first-order valence-corrected chi connectivity index (χ1v) is 9.29. The van der Waals surface area contributed by atoms with Crippen molar-refractivity contribution in [3.8, 4) is 0 Å². The van der Waals surface area contributed by atoms with Crippen LogP contribution in [0.2, 0.25) is 0 Å². The SMILES string of the molecule is C=C(SC(C)=N)c1ccc2cnc(N/C(=C/C)c3ccc(F)cc3)cc2c1. The second kappa shape index (κ2) is 8.18. The first kappa shape index (κ1) is 18.9. The highest BCUT2D eigenvalue weighted by Gasteiger charge is 2.06. The molecule has 0 saturated carbocycles. The van der Waals surface area contributed by atoms with Crippen LogP contribution in [0.1, 0.15) is 25.0 Å². The van der Waals surface area contributed by atoms with Crippen molar-refractivity contribution in [2.45, 2.75) is 13.8 Å². The predicted octanol–water partition coefficient (Wildman–Crippen LogP) is 6.55. The maximum atomic E-state index is 13.2. The summed E-state index contributed by atoms with van der Waals surface area (Å²) in [6.07, 6.45) is 3.75. The summed E-state index contributed by atoms with van der Waals surface area (Å²) in [6, 6.07) is 14.4. The predicted molar refractivity (Wildman–Crippen MR) is 115 cm³/mol. The van der Waals surface area contributed by atoms with Gasteiger partial charge in [0.25, 0.3) is 0 Å². The minimum atomic E-state index is -0.260. The van der Waals surface area contributed by atoms with Crippen LogP contribution in [0, 0.1) is 11.2 Å². The molecule has 0 amide bonds. The lowest BCUT2D eigenvalue weighted by Crippen LogP contribution is -2.00. The van der Waals surface area contributed by atoms with Gasteiger partial charge in [0.1, 0.15) is 11.6 Å². The Labute approximate surface area is 162 Å². The topological polar surface area (TPSA) is 48.8 Å². The highest BCUT2D eigenvalue weighted by Crippen LogP contribution is 2.29. The van der Waals surface area contributed by atoms with E-state index in [0.717, 1.165) is 32.5 Å². The average molecular weight is 377 g/mol. The van der Waals surface area contributed by atoms with E-state index >= 15 is 0 Å². The first-order chi connectivity index (χ1) is 13.0. The van der Waals surface area contributed by atoms with Gasteiger partial charge in [-0.05, 0) is 54.6 Å². The van der Waals surface area contributed by atoms with Crippen LogP contribution in [0.15, 0.2) is 67.4 Å². The van der Waals surface area contributed by atoms with Gasteiger partial charge in [0.2, 0.25) is 0 Å². The molecule has 0 spiro atoms. The molecule has 0 bridgehead atoms. The summed E-state index contributed by atoms with van der Waals surface area (Å²) >= 11 is 1.35. The molecular formula is C22H20FN3S. The van der Waals surface area contributed by atoms with Crippen LogP contribution in [0.5, 0.6) is 0 Å². The Balaban J connectivity index is 1.89. The number of aromatic nitrogens is 1. The van der Waals surface area contributed by atoms with Crippen molar-refractivity contribution in [3.63, 3.8) is 0 Å². The van der Waals surface area contributed by atoms with Crippen molar-refractivity contribution in [1.29, 1.82) is 5.41 Å². The quantitative estimate of drug-likeness (QED) is 0.392. The lowest BCUT2D eigenvalue weighted by atomic mass is 10.1. The molecular weight excluding hydrogens is 357 g/mol. The molecule has 0 fully saturated rings. The fraction of sp³-hybridized carbons (Fsp3) is 0.0909. The maximum Gasteiger partial charge on any atom is 0.130 e. The number of thioether (sulfide) groups is 1. The summed E-state index contributed by atoms with van der Waals surface area (Å²) < 4.78 is 13.2. The minimum absolute atomic E-state index is 0.260. The van der Waals surface area contributed by atoms with E-state index in [1.54, 1.807) is 19.1 Å². The van der Waals surface area contributed by atoms with Crippen LogP contribution in [0.25, 0.3) is 21.4 Å². The Morgan fingerprint density at radius 1 is 1.11 bits per heavy atom. The fourth-order valence-corrected chi connectivity index (χ4v) is 3.32. The van der Waals surface area contributed by atoms with Gasteiger partial charge in [0.15, 0.2) is 0 Å². The third-order valence-corrected chi connectivity index (χ3v) is 4.81. The van der Waals surface area contributed by atoms with Crippen molar-refractivity contribution in [2.24, 2.45) is 0 Å². The van der Waals surface area contributed by atoms with Crippen molar-refractivity contribution >= 4 is 44.0 Å². The Morgan fingerprint density at radius 3 is 2.48 bits per heavy atom. The largest absolute Gasteiger partial charge is 0.340 e. The molecule has 5 heteroatoms. The number of rotatable bonds is 5. The standard InChI is InChI=1S/C22H20FN3S/c1-4-21(16-7-9-20(23)10-8-16)26-22-12-19-11-17(14(2)27-15(3)24)5-6-18(19)13-25-22/h4-13,24H,2H2,1,3H3,(H,25,26)/b21-4+,24-15?. The normalized spacial score (nSPS) is 11.4. The first-order valence-electron chi connectivity index (χ1n) is 8.47. The monoisotopic (exact) mass is 377 g/mol. The van der Waals surface area contributed by atoms with E-state index in [1.807, 2.05) is 43.5 Å². The molecule has 3 rings (SSSR count). The molecule has 0 radical (unpaired) electrons. The molecule has 0 aliphatic rings. The van der Waals surface area contributed by atoms with Gasteiger partial charge in [-0.3, -0.25) is 5.41 Å². The highest BCUT2D eigenvalue weighted by molar-refractivity contribution is 8.21. The lowest BCUT2D eigenvalue weighted by molar-refractivity contribution is 0.627. The van der Waals surface area contributed by atoms with Crippen molar-refractivity contribution in [3.05, 3.63) is 84.3 Å². The van der Waals surface area contributed by atoms with Gasteiger partial charge in [0, 0.05) is 22.2 Å². The summed E-state index contributed by atoms with van der Waals surface area (Å²) in [5.74, 6) is 0.447. The van der Waals surface area contributed by atoms with Gasteiger partial charge in [-0.25, -0.2) is 9.37 Å². The molecule has 2 N–H and O–H groups in total. The van der Waals surface area contributed by atoms with Gasteiger partial charge >= 0.3 is 0 Å². The summed E-state index contributed by atoms with van der Waals surface area (Å²) in [4.78, 5) is 5.32. The summed E-state index contributed by atoms with van der Waals surface area (Å²) in [7, 11) is 0. The third kappa shape index (κ3) is 4.63. The van der Waals surface area contributed by atoms with Gasteiger partial charge in [-0.1, -0.05) is 48.7 Å². The zero-order chi connectivity index (χ0) is 19.4. The van der Waals surface area contributed by atoms with Crippen molar-refractivity contribution < 1.29 is 4.39 Å². The highest BCUT2D eigenvalue weighted by atomic mass is 32.2. The number of halogens is 1. The van der Waals surface area contributed by atoms with E-state index in [4.69, 9.17) is 5.41 Å². The smallest absolute Gasteiger partial charge is 0.130 e. The van der Waals surface area contributed by atoms with Crippen LogP contribution >= 0.6 is 11.8 Å². The second-order valence-corrected chi connectivity index (χ2v) is 7.36. The number of nitrogens with zero attached hydrogens (tertiary/aromatic N) is 1. The molecule has 0 atom stereocenters. The van der Waals surface area contributed by atoms with E-state index in [-0.39, 0.29) is 5.82 Å². The molecule has 0 saturated heterocycles. The number of pyridine rings is 1. The van der Waals surface area contributed by atoms with Crippen molar-refractivity contribution in [1.82, 2.24) is 4.98 Å². The minimum Gasteiger partial charge on any atom is -0.340 e. The van der Waals surface area contributed by atoms with E-state index in [0.29, 0.717) is 10.9 Å². The zero-order valence-corrected chi connectivity index (χ0v) is 16.0. The fourth-order valence-electron chi connectivity index (χ4n) is 2.70. The van der Waals surface area contributed by atoms with Gasteiger partial charge in [-0.2, -0.15) is 0 Å². The van der Waals surface area contributed by atoms with Crippen LogP contribution in [-0.4, -0.2) is 10.0 Å². The molecule has 3 nitrogen and oxygen atoms in total. The average Bonchev–Trinajstić information content (AvgIpc) is 2.65. The van der Waals surface area contributed by atoms with Crippen LogP contribution < -0.4 is 5.32 Å². The Hall–Kier alpha value is -2.92. The summed E-state index contributed by atoms with van der Waals surface area (Å²) in [5, 5.41) is 13.5. The van der Waals surface area contributed by atoms with Crippen LogP contribution in [0.4, 0.5) is 10.2 Å². The third-order valence-electron chi connectivity index (χ3n) is 4.03. The van der Waals surface area contributed by atoms with E-state index in [2.05, 4.69) is 16.9 Å². The lowest BCUT2D eigenvalue weighted by Gasteiger charge is -2.12. The van der Waals surface area contributed by atoms with E-state index in [1.165, 1.54) is 23.9 Å². The van der Waals surface area contributed by atoms with Crippen LogP contribution in [-0.2, 0) is 0 Å². The second-order valence-electron chi connectivity index (χ2n) is 6.05. The maximum absolute atomic E-state index is 13.2. The Kier molecular flexibility index (Phi) is 5.72. The van der Waals surface area contributed by atoms with E-state index in [9.17, 15) is 4.39 Å². The van der Waals surface area contributed by atoms with E-state index < -0.39 is 0 Å². The number of benzene rings is 2. The van der Waals surface area contributed by atoms with Crippen LogP contribution in [0.3, 0.4) is 0 Å². The van der Waals surface area contributed by atoms with Crippen molar-refractivity contribution in [2.75, 3.05) is 5.32 Å². The number of nitrogens with one attached hydrogen (secondary N) is 2. The zero-order valence-electron chi connectivity index (χ0n) is 15.2. The number of allylic oxidation sites excluding steroid dienone is 1. The number of hydrogen-bond acceptors (Lipinski definition) is 4. The van der Waals surface area contributed by atoms with Gasteiger partial charge in [-0.15, -0.1) is 0 Å². The number of hydrogen-bond donors (Lipinski definition) is 2. The molecule has 0 aliphatic heterocycles. The molecule has 0 aliphatic carbocycles. The Morgan fingerprint density at radius 2 is 1.81 bits per heavy atom. The summed E-state index contributed by atoms with van der Waals surface area (Å²) in [5.41, 5.74) is 2.74. The number of anilines is 1. The molecule has 0 unspecified atom stereocenters.